The predicted octanol–water partition coefficient (Wildman–Crippen LogP) is 6.45. The number of hydrogen-bond acceptors (Lipinski definition) is 2. The monoisotopic (exact) mass is 321 g/mol. The molecule has 23 heavy (non-hydrogen) atoms. The Bertz CT molecular complexity index is 414. The van der Waals surface area contributed by atoms with Crippen LogP contribution in [0.2, 0.25) is 0 Å². The van der Waals surface area contributed by atoms with Crippen molar-refractivity contribution < 1.29 is 4.84 Å². The number of nitrogens with zero attached hydrogens (tertiary/aromatic N) is 1. The first-order valence-electron chi connectivity index (χ1n) is 9.14. The normalized spacial score (nSPS) is 11.9. The van der Waals surface area contributed by atoms with E-state index in [1.54, 1.807) is 0 Å². The van der Waals surface area contributed by atoms with Gasteiger partial charge in [-0.3, -0.25) is 0 Å². The van der Waals surface area contributed by atoms with Gasteiger partial charge in [0.2, 0.25) is 0 Å². The van der Waals surface area contributed by atoms with E-state index in [0.29, 0.717) is 5.41 Å². The minimum absolute atomic E-state index is 0.185. The van der Waals surface area contributed by atoms with Crippen LogP contribution in [0, 0.1) is 5.41 Å². The lowest BCUT2D eigenvalue weighted by atomic mass is 9.72. The molecule has 1 rings (SSSR count). The lowest BCUT2D eigenvalue weighted by Gasteiger charge is -2.33. The second kappa shape index (κ2) is 9.97. The molecule has 0 bridgehead atoms. The highest BCUT2D eigenvalue weighted by Gasteiger charge is 2.27. The maximum Gasteiger partial charge on any atom is 0.147 e. The standard InChI is InChI=1S/C19H33NO.C2H6/c1-8-9-14-20(7)21-17-12-10-16(11-13-17)19(5,6)15-18(2,3)4;1-2/h10-13H,8-9,14-15H2,1-7H3;1-2H3. The van der Waals surface area contributed by atoms with Crippen LogP contribution in [0.4, 0.5) is 0 Å². The van der Waals surface area contributed by atoms with Crippen molar-refractivity contribution in [1.29, 1.82) is 0 Å². The number of benzene rings is 1. The summed E-state index contributed by atoms with van der Waals surface area (Å²) in [6.07, 6.45) is 3.51. The molecule has 1 aromatic carbocycles. The van der Waals surface area contributed by atoms with Crippen LogP contribution in [0.25, 0.3) is 0 Å². The van der Waals surface area contributed by atoms with Gasteiger partial charge >= 0.3 is 0 Å². The molecule has 0 saturated carbocycles. The van der Waals surface area contributed by atoms with Crippen LogP contribution in [0.1, 0.15) is 80.2 Å². The molecule has 0 unspecified atom stereocenters. The first kappa shape index (κ1) is 22.0. The van der Waals surface area contributed by atoms with Gasteiger partial charge in [0.05, 0.1) is 0 Å². The molecule has 2 heteroatoms. The number of hydroxylamine groups is 2. The maximum absolute atomic E-state index is 5.82. The molecule has 0 saturated heterocycles. The van der Waals surface area contributed by atoms with Crippen molar-refractivity contribution in [3.05, 3.63) is 29.8 Å². The average molecular weight is 322 g/mol. The van der Waals surface area contributed by atoms with Crippen LogP contribution in [-0.2, 0) is 5.41 Å². The minimum Gasteiger partial charge on any atom is -0.406 e. The van der Waals surface area contributed by atoms with Gasteiger partial charge in [0.15, 0.2) is 0 Å². The van der Waals surface area contributed by atoms with E-state index in [2.05, 4.69) is 65.8 Å². The summed E-state index contributed by atoms with van der Waals surface area (Å²) in [5, 5.41) is 1.92. The smallest absolute Gasteiger partial charge is 0.147 e. The van der Waals surface area contributed by atoms with E-state index in [0.717, 1.165) is 25.1 Å². The summed E-state index contributed by atoms with van der Waals surface area (Å²) in [7, 11) is 1.99. The van der Waals surface area contributed by atoms with Crippen LogP contribution >= 0.6 is 0 Å². The summed E-state index contributed by atoms with van der Waals surface area (Å²) >= 11 is 0. The summed E-state index contributed by atoms with van der Waals surface area (Å²) in [6.45, 7) is 18.7. The van der Waals surface area contributed by atoms with Gasteiger partial charge in [0, 0.05) is 13.6 Å². The van der Waals surface area contributed by atoms with Gasteiger partial charge < -0.3 is 4.84 Å². The zero-order valence-corrected chi connectivity index (χ0v) is 17.0. The van der Waals surface area contributed by atoms with Gasteiger partial charge in [-0.05, 0) is 41.4 Å². The second-order valence-electron chi connectivity index (χ2n) is 7.94. The van der Waals surface area contributed by atoms with Crippen LogP contribution in [0.5, 0.6) is 5.75 Å². The molecule has 0 amide bonds. The molecule has 0 fully saturated rings. The summed E-state index contributed by atoms with van der Waals surface area (Å²) in [5.74, 6) is 0.920. The molecular weight excluding hydrogens is 282 g/mol. The molecule has 0 aliphatic rings. The first-order valence-corrected chi connectivity index (χ1v) is 9.14. The largest absolute Gasteiger partial charge is 0.406 e. The molecule has 0 radical (unpaired) electrons. The molecular formula is C21H39NO. The lowest BCUT2D eigenvalue weighted by Crippen LogP contribution is -2.25. The third-order valence-corrected chi connectivity index (χ3v) is 3.70. The zero-order valence-electron chi connectivity index (χ0n) is 17.0. The van der Waals surface area contributed by atoms with E-state index in [9.17, 15) is 0 Å². The van der Waals surface area contributed by atoms with E-state index >= 15 is 0 Å². The fourth-order valence-electron chi connectivity index (χ4n) is 3.00. The van der Waals surface area contributed by atoms with Crippen molar-refractivity contribution in [1.82, 2.24) is 5.06 Å². The van der Waals surface area contributed by atoms with Gasteiger partial charge in [0.1, 0.15) is 5.75 Å². The van der Waals surface area contributed by atoms with E-state index in [1.807, 2.05) is 26.0 Å². The van der Waals surface area contributed by atoms with E-state index in [-0.39, 0.29) is 5.41 Å². The predicted molar refractivity (Wildman–Crippen MR) is 103 cm³/mol. The molecule has 0 N–H and O–H groups in total. The van der Waals surface area contributed by atoms with Crippen LogP contribution < -0.4 is 4.84 Å². The molecule has 134 valence electrons. The third kappa shape index (κ3) is 9.00. The Balaban J connectivity index is 0.00000232. The van der Waals surface area contributed by atoms with Gasteiger partial charge in [-0.2, -0.15) is 0 Å². The minimum atomic E-state index is 0.185. The summed E-state index contributed by atoms with van der Waals surface area (Å²) in [6, 6.07) is 8.58. The molecule has 0 atom stereocenters. The molecule has 1 aromatic rings. The Morgan fingerprint density at radius 2 is 1.48 bits per heavy atom. The van der Waals surface area contributed by atoms with Crippen molar-refractivity contribution in [2.45, 2.75) is 80.1 Å². The Kier molecular flexibility index (Phi) is 9.53. The summed E-state index contributed by atoms with van der Waals surface area (Å²) in [4.78, 5) is 5.82. The quantitative estimate of drug-likeness (QED) is 0.535. The summed E-state index contributed by atoms with van der Waals surface area (Å²) in [5.41, 5.74) is 1.89. The number of rotatable bonds is 7. The Morgan fingerprint density at radius 3 is 1.91 bits per heavy atom. The van der Waals surface area contributed by atoms with E-state index in [4.69, 9.17) is 4.84 Å². The highest BCUT2D eigenvalue weighted by Crippen LogP contribution is 2.36. The number of hydrogen-bond donors (Lipinski definition) is 0. The van der Waals surface area contributed by atoms with Gasteiger partial charge in [-0.15, -0.1) is 5.06 Å². The Hall–Kier alpha value is -1.02. The molecule has 0 aliphatic carbocycles. The van der Waals surface area contributed by atoms with Crippen molar-refractivity contribution in [3.63, 3.8) is 0 Å². The number of unbranched alkanes of at least 4 members (excludes halogenated alkanes) is 1. The fraction of sp³-hybridized carbons (Fsp3) is 0.714. The van der Waals surface area contributed by atoms with Crippen molar-refractivity contribution >= 4 is 0 Å². The van der Waals surface area contributed by atoms with Gasteiger partial charge in [-0.1, -0.05) is 73.9 Å². The molecule has 0 spiro atoms. The van der Waals surface area contributed by atoms with Crippen LogP contribution in [0.3, 0.4) is 0 Å². The second-order valence-corrected chi connectivity index (χ2v) is 7.94. The first-order chi connectivity index (χ1) is 10.6. The topological polar surface area (TPSA) is 12.5 Å². The van der Waals surface area contributed by atoms with Crippen molar-refractivity contribution in [2.75, 3.05) is 13.6 Å². The highest BCUT2D eigenvalue weighted by atomic mass is 16.7. The average Bonchev–Trinajstić information content (AvgIpc) is 2.45. The molecule has 0 aliphatic heterocycles. The SMILES string of the molecule is CC.CCCCN(C)Oc1ccc(C(C)(C)CC(C)(C)C)cc1. The van der Waals surface area contributed by atoms with Crippen LogP contribution in [0.15, 0.2) is 24.3 Å². The van der Waals surface area contributed by atoms with Crippen molar-refractivity contribution in [3.8, 4) is 5.75 Å². The molecule has 0 aromatic heterocycles. The third-order valence-electron chi connectivity index (χ3n) is 3.70. The van der Waals surface area contributed by atoms with E-state index in [1.165, 1.54) is 12.0 Å². The van der Waals surface area contributed by atoms with Gasteiger partial charge in [0.25, 0.3) is 0 Å². The Morgan fingerprint density at radius 1 is 0.957 bits per heavy atom. The highest BCUT2D eigenvalue weighted by molar-refractivity contribution is 5.31. The summed E-state index contributed by atoms with van der Waals surface area (Å²) < 4.78 is 0. The maximum atomic E-state index is 5.82. The van der Waals surface area contributed by atoms with Crippen molar-refractivity contribution in [2.24, 2.45) is 5.41 Å². The van der Waals surface area contributed by atoms with Gasteiger partial charge in [-0.25, -0.2) is 0 Å². The van der Waals surface area contributed by atoms with E-state index < -0.39 is 0 Å². The molecule has 2 nitrogen and oxygen atoms in total. The Labute approximate surface area is 145 Å². The zero-order chi connectivity index (χ0) is 18.1. The fourth-order valence-corrected chi connectivity index (χ4v) is 3.00. The van der Waals surface area contributed by atoms with Crippen LogP contribution in [-0.4, -0.2) is 18.7 Å². The lowest BCUT2D eigenvalue weighted by molar-refractivity contribution is -0.0324. The molecule has 0 heterocycles.